The van der Waals surface area contributed by atoms with Crippen LogP contribution in [0.1, 0.15) is 31.0 Å². The van der Waals surface area contributed by atoms with Crippen molar-refractivity contribution in [1.29, 1.82) is 0 Å². The molecular weight excluding hydrogens is 386 g/mol. The number of hydrogen-bond donors (Lipinski definition) is 0. The lowest BCUT2D eigenvalue weighted by Gasteiger charge is -2.33. The molecule has 0 atom stereocenters. The maximum atomic E-state index is 11.7. The molecule has 0 radical (unpaired) electrons. The molecule has 2 aromatic heterocycles. The highest BCUT2D eigenvalue weighted by Crippen LogP contribution is 2.33. The number of ketones is 1. The molecule has 0 aliphatic carbocycles. The summed E-state index contributed by atoms with van der Waals surface area (Å²) in [5.41, 5.74) is 2.97. The summed E-state index contributed by atoms with van der Waals surface area (Å²) in [6.45, 7) is 1.70. The predicted molar refractivity (Wildman–Crippen MR) is 114 cm³/mol. The molecule has 2 aliphatic heterocycles. The van der Waals surface area contributed by atoms with Crippen molar-refractivity contribution in [3.05, 3.63) is 65.5 Å². The molecule has 0 amide bonds. The van der Waals surface area contributed by atoms with Gasteiger partial charge in [-0.25, -0.2) is 9.98 Å². The zero-order valence-corrected chi connectivity index (χ0v) is 16.6. The highest BCUT2D eigenvalue weighted by Gasteiger charge is 2.27. The molecule has 2 aliphatic rings. The van der Waals surface area contributed by atoms with Crippen molar-refractivity contribution in [2.75, 3.05) is 13.1 Å². The first kappa shape index (κ1) is 18.1. The van der Waals surface area contributed by atoms with Crippen molar-refractivity contribution >= 4 is 34.6 Å². The third kappa shape index (κ3) is 3.44. The standard InChI is InChI=1S/C22H20ClN5O/c23-16-1-3-17(4-2-16)28-20-14-24-9-6-19(20)26-22(28)15-7-11-27(12-8-15)21-13-18(29)5-10-25-21/h1-4,6,9-10,13-15H,5,7-8,11-12H2. The number of pyridine rings is 1. The van der Waals surface area contributed by atoms with E-state index in [1.54, 1.807) is 18.5 Å². The fourth-order valence-electron chi connectivity index (χ4n) is 4.09. The van der Waals surface area contributed by atoms with Crippen molar-refractivity contribution in [2.24, 2.45) is 4.99 Å². The smallest absolute Gasteiger partial charge is 0.164 e. The van der Waals surface area contributed by atoms with E-state index < -0.39 is 0 Å². The number of nitrogens with zero attached hydrogens (tertiary/aromatic N) is 5. The fourth-order valence-corrected chi connectivity index (χ4v) is 4.21. The first-order valence-electron chi connectivity index (χ1n) is 9.79. The quantitative estimate of drug-likeness (QED) is 0.657. The number of imidazole rings is 1. The Morgan fingerprint density at radius 3 is 2.62 bits per heavy atom. The van der Waals surface area contributed by atoms with Crippen molar-refractivity contribution in [2.45, 2.75) is 25.2 Å². The highest BCUT2D eigenvalue weighted by molar-refractivity contribution is 6.30. The van der Waals surface area contributed by atoms with Crippen LogP contribution in [0.4, 0.5) is 0 Å². The Kier molecular flexibility index (Phi) is 4.64. The van der Waals surface area contributed by atoms with E-state index in [9.17, 15) is 4.79 Å². The van der Waals surface area contributed by atoms with E-state index in [1.165, 1.54) is 0 Å². The summed E-state index contributed by atoms with van der Waals surface area (Å²) in [5, 5.41) is 0.710. The summed E-state index contributed by atoms with van der Waals surface area (Å²) in [6.07, 6.45) is 9.31. The summed E-state index contributed by atoms with van der Waals surface area (Å²) in [6, 6.07) is 9.78. The van der Waals surface area contributed by atoms with Gasteiger partial charge in [0.05, 0.1) is 17.2 Å². The van der Waals surface area contributed by atoms with Crippen LogP contribution in [0.15, 0.2) is 59.6 Å². The van der Waals surface area contributed by atoms with Crippen LogP contribution in [0, 0.1) is 0 Å². The Hall–Kier alpha value is -2.99. The number of carbonyl (C=O) groups is 1. The summed E-state index contributed by atoms with van der Waals surface area (Å²) in [7, 11) is 0. The van der Waals surface area contributed by atoms with Crippen molar-refractivity contribution in [3.63, 3.8) is 0 Å². The molecule has 1 aromatic carbocycles. The molecule has 3 aromatic rings. The molecule has 0 spiro atoms. The number of benzene rings is 1. The number of carbonyl (C=O) groups excluding carboxylic acids is 1. The molecule has 7 heteroatoms. The van der Waals surface area contributed by atoms with Gasteiger partial charge >= 0.3 is 0 Å². The molecule has 4 heterocycles. The van der Waals surface area contributed by atoms with Gasteiger partial charge in [-0.2, -0.15) is 0 Å². The Bertz CT molecular complexity index is 1120. The van der Waals surface area contributed by atoms with Crippen LogP contribution < -0.4 is 0 Å². The van der Waals surface area contributed by atoms with Gasteiger partial charge in [-0.15, -0.1) is 0 Å². The number of piperidine rings is 1. The second-order valence-electron chi connectivity index (χ2n) is 7.39. The van der Waals surface area contributed by atoms with E-state index in [4.69, 9.17) is 16.6 Å². The molecule has 6 nitrogen and oxygen atoms in total. The lowest BCUT2D eigenvalue weighted by Crippen LogP contribution is -2.33. The summed E-state index contributed by atoms with van der Waals surface area (Å²) < 4.78 is 2.19. The second-order valence-corrected chi connectivity index (χ2v) is 7.83. The van der Waals surface area contributed by atoms with Crippen molar-refractivity contribution in [3.8, 4) is 5.69 Å². The van der Waals surface area contributed by atoms with Gasteiger partial charge in [0.2, 0.25) is 0 Å². The van der Waals surface area contributed by atoms with Crippen LogP contribution >= 0.6 is 11.6 Å². The maximum absolute atomic E-state index is 11.7. The molecule has 0 bridgehead atoms. The number of aliphatic imine (C=N–C) groups is 1. The van der Waals surface area contributed by atoms with E-state index in [0.29, 0.717) is 17.4 Å². The van der Waals surface area contributed by atoms with Gasteiger partial charge in [0, 0.05) is 54.6 Å². The molecule has 146 valence electrons. The van der Waals surface area contributed by atoms with Gasteiger partial charge in [-0.1, -0.05) is 11.6 Å². The van der Waals surface area contributed by atoms with Gasteiger partial charge < -0.3 is 4.90 Å². The van der Waals surface area contributed by atoms with E-state index in [-0.39, 0.29) is 5.78 Å². The van der Waals surface area contributed by atoms with E-state index in [2.05, 4.69) is 19.4 Å². The van der Waals surface area contributed by atoms with Gasteiger partial charge in [0.1, 0.15) is 11.6 Å². The monoisotopic (exact) mass is 405 g/mol. The van der Waals surface area contributed by atoms with Crippen molar-refractivity contribution in [1.82, 2.24) is 19.4 Å². The zero-order chi connectivity index (χ0) is 19.8. The number of rotatable bonds is 3. The summed E-state index contributed by atoms with van der Waals surface area (Å²) in [5.74, 6) is 2.27. The topological polar surface area (TPSA) is 63.4 Å². The van der Waals surface area contributed by atoms with Gasteiger partial charge in [-0.3, -0.25) is 14.3 Å². The van der Waals surface area contributed by atoms with E-state index >= 15 is 0 Å². The van der Waals surface area contributed by atoms with Crippen LogP contribution in [0.3, 0.4) is 0 Å². The van der Waals surface area contributed by atoms with E-state index in [0.717, 1.165) is 54.3 Å². The zero-order valence-electron chi connectivity index (χ0n) is 15.8. The first-order chi connectivity index (χ1) is 14.2. The van der Waals surface area contributed by atoms with Gasteiger partial charge in [0.25, 0.3) is 0 Å². The minimum atomic E-state index is 0.120. The molecule has 29 heavy (non-hydrogen) atoms. The molecule has 5 rings (SSSR count). The maximum Gasteiger partial charge on any atom is 0.164 e. The van der Waals surface area contributed by atoms with Crippen LogP contribution in [0.2, 0.25) is 5.02 Å². The Balaban J connectivity index is 1.47. The predicted octanol–water partition coefficient (Wildman–Crippen LogP) is 4.14. The minimum Gasteiger partial charge on any atom is -0.356 e. The van der Waals surface area contributed by atoms with Crippen LogP contribution in [0.5, 0.6) is 0 Å². The third-order valence-electron chi connectivity index (χ3n) is 5.56. The number of likely N-dealkylation sites (tertiary alicyclic amines) is 1. The molecule has 1 saturated heterocycles. The lowest BCUT2D eigenvalue weighted by molar-refractivity contribution is -0.113. The molecular formula is C22H20ClN5O. The average molecular weight is 406 g/mol. The summed E-state index contributed by atoms with van der Waals surface area (Å²) >= 11 is 6.10. The van der Waals surface area contributed by atoms with Gasteiger partial charge in [0.15, 0.2) is 5.78 Å². The van der Waals surface area contributed by atoms with E-state index in [1.807, 2.05) is 36.5 Å². The fraction of sp³-hybridized carbons (Fsp3) is 0.273. The Labute approximate surface area is 173 Å². The van der Waals surface area contributed by atoms with Gasteiger partial charge in [-0.05, 0) is 43.2 Å². The third-order valence-corrected chi connectivity index (χ3v) is 5.81. The Morgan fingerprint density at radius 1 is 1.07 bits per heavy atom. The number of aromatic nitrogens is 3. The largest absolute Gasteiger partial charge is 0.356 e. The lowest BCUT2D eigenvalue weighted by atomic mass is 9.95. The number of allylic oxidation sites excluding steroid dienone is 1. The second kappa shape index (κ2) is 7.44. The summed E-state index contributed by atoms with van der Waals surface area (Å²) in [4.78, 5) is 27.6. The molecule has 1 fully saturated rings. The Morgan fingerprint density at radius 2 is 1.86 bits per heavy atom. The van der Waals surface area contributed by atoms with Crippen LogP contribution in [-0.4, -0.2) is 44.5 Å². The number of halogens is 1. The minimum absolute atomic E-state index is 0.120. The van der Waals surface area contributed by atoms with Crippen molar-refractivity contribution < 1.29 is 4.79 Å². The first-order valence-corrected chi connectivity index (χ1v) is 10.2. The van der Waals surface area contributed by atoms with Crippen LogP contribution in [-0.2, 0) is 4.79 Å². The normalized spacial score (nSPS) is 17.8. The average Bonchev–Trinajstić information content (AvgIpc) is 3.14. The molecule has 0 unspecified atom stereocenters. The number of hydrogen-bond acceptors (Lipinski definition) is 5. The highest BCUT2D eigenvalue weighted by atomic mass is 35.5. The SMILES string of the molecule is O=C1C=C(N2CCC(c3nc4ccncc4n3-c3ccc(Cl)cc3)CC2)N=CC1. The molecule has 0 N–H and O–H groups in total. The van der Waals surface area contributed by atoms with Crippen LogP contribution in [0.25, 0.3) is 16.7 Å². The molecule has 0 saturated carbocycles. The number of fused-ring (bicyclic) bond motifs is 1.